The fourth-order valence-corrected chi connectivity index (χ4v) is 3.05. The number of aromatic amines is 1. The maximum absolute atomic E-state index is 12.2. The molecule has 0 unspecified atom stereocenters. The van der Waals surface area contributed by atoms with E-state index in [1.54, 1.807) is 7.05 Å². The smallest absolute Gasteiger partial charge is 0.240 e. The molecular weight excluding hydrogens is 304 g/mol. The Balaban J connectivity index is 2.11. The fourth-order valence-electron chi connectivity index (χ4n) is 2.31. The molecule has 0 aliphatic carbocycles. The van der Waals surface area contributed by atoms with Crippen LogP contribution in [0.25, 0.3) is 11.0 Å². The average Bonchev–Trinajstić information content (AvgIpc) is 2.79. The van der Waals surface area contributed by atoms with Crippen molar-refractivity contribution in [2.45, 2.75) is 26.4 Å². The SMILES string of the molecule is Cc1cccc2[nH]c(CN(C)C(=O)[C@H](C)NS(C)(=O)=O)nc12. The highest BCUT2D eigenvalue weighted by atomic mass is 32.2. The zero-order valence-corrected chi connectivity index (χ0v) is 13.9. The van der Waals surface area contributed by atoms with E-state index in [2.05, 4.69) is 14.7 Å². The molecule has 22 heavy (non-hydrogen) atoms. The van der Waals surface area contributed by atoms with Crippen molar-refractivity contribution < 1.29 is 13.2 Å². The van der Waals surface area contributed by atoms with Gasteiger partial charge in [-0.05, 0) is 25.5 Å². The van der Waals surface area contributed by atoms with Gasteiger partial charge in [-0.1, -0.05) is 12.1 Å². The number of nitrogens with one attached hydrogen (secondary N) is 2. The van der Waals surface area contributed by atoms with Crippen LogP contribution < -0.4 is 4.72 Å². The van der Waals surface area contributed by atoms with Crippen LogP contribution in [0.1, 0.15) is 18.3 Å². The number of hydrogen-bond donors (Lipinski definition) is 2. The highest BCUT2D eigenvalue weighted by Gasteiger charge is 2.21. The minimum absolute atomic E-state index is 0.280. The summed E-state index contributed by atoms with van der Waals surface area (Å²) in [7, 11) is -1.81. The van der Waals surface area contributed by atoms with Crippen LogP contribution in [0.15, 0.2) is 18.2 Å². The van der Waals surface area contributed by atoms with Gasteiger partial charge in [0.05, 0.1) is 29.9 Å². The molecule has 0 bridgehead atoms. The van der Waals surface area contributed by atoms with E-state index in [0.717, 1.165) is 22.9 Å². The lowest BCUT2D eigenvalue weighted by Gasteiger charge is -2.20. The molecule has 0 saturated heterocycles. The van der Waals surface area contributed by atoms with E-state index in [1.165, 1.54) is 11.8 Å². The maximum Gasteiger partial charge on any atom is 0.240 e. The summed E-state index contributed by atoms with van der Waals surface area (Å²) >= 11 is 0. The Morgan fingerprint density at radius 1 is 1.45 bits per heavy atom. The molecule has 1 amide bonds. The van der Waals surface area contributed by atoms with E-state index in [1.807, 2.05) is 25.1 Å². The summed E-state index contributed by atoms with van der Waals surface area (Å²) < 4.78 is 24.6. The molecule has 7 nitrogen and oxygen atoms in total. The number of amides is 1. The van der Waals surface area contributed by atoms with Gasteiger partial charge in [0.1, 0.15) is 5.82 Å². The largest absolute Gasteiger partial charge is 0.340 e. The third-order valence-corrected chi connectivity index (χ3v) is 4.07. The summed E-state index contributed by atoms with van der Waals surface area (Å²) in [6.07, 6.45) is 1.03. The molecule has 1 atom stereocenters. The van der Waals surface area contributed by atoms with Crippen molar-refractivity contribution in [1.29, 1.82) is 0 Å². The van der Waals surface area contributed by atoms with Gasteiger partial charge in [-0.3, -0.25) is 4.79 Å². The molecule has 0 aliphatic heterocycles. The predicted molar refractivity (Wildman–Crippen MR) is 84.7 cm³/mol. The molecule has 0 fully saturated rings. The number of nitrogens with zero attached hydrogens (tertiary/aromatic N) is 2. The van der Waals surface area contributed by atoms with E-state index in [4.69, 9.17) is 0 Å². The number of likely N-dealkylation sites (N-methyl/N-ethyl adjacent to an activating group) is 1. The molecule has 1 aromatic heterocycles. The van der Waals surface area contributed by atoms with Crippen LogP contribution in [0.2, 0.25) is 0 Å². The normalized spacial score (nSPS) is 13.3. The van der Waals surface area contributed by atoms with E-state index in [-0.39, 0.29) is 12.5 Å². The lowest BCUT2D eigenvalue weighted by atomic mass is 10.2. The van der Waals surface area contributed by atoms with Crippen molar-refractivity contribution in [3.05, 3.63) is 29.6 Å². The minimum atomic E-state index is -3.42. The molecule has 0 radical (unpaired) electrons. The summed E-state index contributed by atoms with van der Waals surface area (Å²) in [6, 6.07) is 5.02. The van der Waals surface area contributed by atoms with Crippen LogP contribution in [-0.2, 0) is 21.4 Å². The minimum Gasteiger partial charge on any atom is -0.340 e. The van der Waals surface area contributed by atoms with E-state index in [9.17, 15) is 13.2 Å². The van der Waals surface area contributed by atoms with Crippen LogP contribution in [0, 0.1) is 6.92 Å². The van der Waals surface area contributed by atoms with Crippen LogP contribution >= 0.6 is 0 Å². The molecule has 0 spiro atoms. The van der Waals surface area contributed by atoms with Crippen molar-refractivity contribution >= 4 is 27.0 Å². The molecule has 1 aromatic carbocycles. The number of hydrogen-bond acceptors (Lipinski definition) is 4. The van der Waals surface area contributed by atoms with Gasteiger partial charge >= 0.3 is 0 Å². The molecule has 8 heteroatoms. The number of rotatable bonds is 5. The molecule has 0 aliphatic rings. The number of imidazole rings is 1. The Kier molecular flexibility index (Phi) is 4.52. The zero-order valence-electron chi connectivity index (χ0n) is 13.0. The second kappa shape index (κ2) is 6.05. The monoisotopic (exact) mass is 324 g/mol. The van der Waals surface area contributed by atoms with Gasteiger partial charge in [-0.15, -0.1) is 0 Å². The number of aryl methyl sites for hydroxylation is 1. The average molecular weight is 324 g/mol. The molecule has 2 rings (SSSR count). The van der Waals surface area contributed by atoms with Crippen molar-refractivity contribution in [1.82, 2.24) is 19.6 Å². The zero-order chi connectivity index (χ0) is 16.5. The predicted octanol–water partition coefficient (Wildman–Crippen LogP) is 0.767. The molecule has 1 heterocycles. The second-order valence-corrected chi connectivity index (χ2v) is 7.24. The Labute approximate surface area is 129 Å². The topological polar surface area (TPSA) is 95.2 Å². The highest BCUT2D eigenvalue weighted by molar-refractivity contribution is 7.88. The number of sulfonamides is 1. The first-order valence-corrected chi connectivity index (χ1v) is 8.73. The maximum atomic E-state index is 12.2. The Morgan fingerprint density at radius 3 is 2.73 bits per heavy atom. The Hall–Kier alpha value is -1.93. The summed E-state index contributed by atoms with van der Waals surface area (Å²) in [5.74, 6) is 0.342. The van der Waals surface area contributed by atoms with Crippen molar-refractivity contribution in [2.24, 2.45) is 0 Å². The molecule has 0 saturated carbocycles. The first-order valence-electron chi connectivity index (χ1n) is 6.84. The first kappa shape index (κ1) is 16.4. The number of aromatic nitrogens is 2. The number of carbonyl (C=O) groups is 1. The fraction of sp³-hybridized carbons (Fsp3) is 0.429. The standard InChI is InChI=1S/C14H20N4O3S/c1-9-6-5-7-11-13(9)16-12(15-11)8-18(3)14(19)10(2)17-22(4,20)21/h5-7,10,17H,8H2,1-4H3,(H,15,16)/t10-/m0/s1. The summed E-state index contributed by atoms with van der Waals surface area (Å²) in [4.78, 5) is 21.3. The van der Waals surface area contributed by atoms with E-state index < -0.39 is 16.1 Å². The van der Waals surface area contributed by atoms with Gasteiger partial charge in [-0.2, -0.15) is 0 Å². The molecule has 2 N–H and O–H groups in total. The van der Waals surface area contributed by atoms with Crippen LogP contribution in [-0.4, -0.2) is 48.5 Å². The van der Waals surface area contributed by atoms with E-state index >= 15 is 0 Å². The Morgan fingerprint density at radius 2 is 2.14 bits per heavy atom. The molecule has 120 valence electrons. The number of carbonyl (C=O) groups excluding carboxylic acids is 1. The number of H-pyrrole nitrogens is 1. The molecule has 2 aromatic rings. The van der Waals surface area contributed by atoms with Crippen LogP contribution in [0.4, 0.5) is 0 Å². The molecular formula is C14H20N4O3S. The van der Waals surface area contributed by atoms with Gasteiger partial charge < -0.3 is 9.88 Å². The highest BCUT2D eigenvalue weighted by Crippen LogP contribution is 2.16. The van der Waals surface area contributed by atoms with Gasteiger partial charge in [-0.25, -0.2) is 18.1 Å². The van der Waals surface area contributed by atoms with Gasteiger partial charge in [0, 0.05) is 7.05 Å². The summed E-state index contributed by atoms with van der Waals surface area (Å²) in [6.45, 7) is 3.77. The van der Waals surface area contributed by atoms with E-state index in [0.29, 0.717) is 5.82 Å². The van der Waals surface area contributed by atoms with Crippen molar-refractivity contribution in [3.8, 4) is 0 Å². The third kappa shape index (κ3) is 3.83. The van der Waals surface area contributed by atoms with Gasteiger partial charge in [0.25, 0.3) is 0 Å². The lowest BCUT2D eigenvalue weighted by Crippen LogP contribution is -2.44. The number of benzene rings is 1. The summed E-state index contributed by atoms with van der Waals surface area (Å²) in [5, 5.41) is 0. The summed E-state index contributed by atoms with van der Waals surface area (Å²) in [5.41, 5.74) is 2.85. The number of para-hydroxylation sites is 1. The lowest BCUT2D eigenvalue weighted by molar-refractivity contribution is -0.131. The second-order valence-electron chi connectivity index (χ2n) is 5.46. The van der Waals surface area contributed by atoms with Crippen molar-refractivity contribution in [3.63, 3.8) is 0 Å². The third-order valence-electron chi connectivity index (χ3n) is 3.29. The van der Waals surface area contributed by atoms with Gasteiger partial charge in [0.2, 0.25) is 15.9 Å². The van der Waals surface area contributed by atoms with Crippen LogP contribution in [0.3, 0.4) is 0 Å². The number of fused-ring (bicyclic) bond motifs is 1. The quantitative estimate of drug-likeness (QED) is 0.849. The van der Waals surface area contributed by atoms with Gasteiger partial charge in [0.15, 0.2) is 0 Å². The first-order chi connectivity index (χ1) is 10.2. The van der Waals surface area contributed by atoms with Crippen molar-refractivity contribution in [2.75, 3.05) is 13.3 Å². The van der Waals surface area contributed by atoms with Crippen LogP contribution in [0.5, 0.6) is 0 Å². The Bertz CT molecular complexity index is 798.